The highest BCUT2D eigenvalue weighted by molar-refractivity contribution is 5.92. The molecule has 1 aliphatic rings. The molecule has 1 fully saturated rings. The normalized spacial score (nSPS) is 14.3. The van der Waals surface area contributed by atoms with E-state index in [1.807, 2.05) is 35.2 Å². The monoisotopic (exact) mass is 247 g/mol. The molecule has 0 aliphatic carbocycles. The van der Waals surface area contributed by atoms with E-state index in [9.17, 15) is 4.79 Å². The molecule has 5 nitrogen and oxygen atoms in total. The zero-order valence-corrected chi connectivity index (χ0v) is 10.2. The molecule has 0 radical (unpaired) electrons. The molecule has 0 spiro atoms. The summed E-state index contributed by atoms with van der Waals surface area (Å²) in [5, 5.41) is 10.2. The van der Waals surface area contributed by atoms with E-state index in [1.165, 1.54) is 0 Å². The molecule has 0 aromatic heterocycles. The highest BCUT2D eigenvalue weighted by atomic mass is 16.5. The fraction of sp³-hybridized carbons (Fsp3) is 0.385. The fourth-order valence-electron chi connectivity index (χ4n) is 1.88. The summed E-state index contributed by atoms with van der Waals surface area (Å²) >= 11 is 0. The standard InChI is InChI=1S/C13H17N3O2/c14-12(16-8-4-5-9-16)15-13(17)18-10-11-6-2-1-3-7-11/h1-3,6-7H,4-5,8-10H2,(H2,14,15,17). The number of amides is 1. The van der Waals surface area contributed by atoms with Crippen LogP contribution >= 0.6 is 0 Å². The summed E-state index contributed by atoms with van der Waals surface area (Å²) < 4.78 is 5.04. The Morgan fingerprint density at radius 1 is 1.28 bits per heavy atom. The number of nitrogens with one attached hydrogen (secondary N) is 2. The maximum Gasteiger partial charge on any atom is 0.414 e. The van der Waals surface area contributed by atoms with Crippen LogP contribution < -0.4 is 5.32 Å². The Morgan fingerprint density at radius 2 is 1.94 bits per heavy atom. The van der Waals surface area contributed by atoms with E-state index in [2.05, 4.69) is 5.32 Å². The zero-order chi connectivity index (χ0) is 12.8. The molecule has 2 rings (SSSR count). The minimum Gasteiger partial charge on any atom is -0.444 e. The molecular formula is C13H17N3O2. The predicted molar refractivity (Wildman–Crippen MR) is 68.3 cm³/mol. The largest absolute Gasteiger partial charge is 0.444 e. The summed E-state index contributed by atoms with van der Waals surface area (Å²) in [6.07, 6.45) is 1.57. The fourth-order valence-corrected chi connectivity index (χ4v) is 1.88. The van der Waals surface area contributed by atoms with Crippen LogP contribution in [0.5, 0.6) is 0 Å². The van der Waals surface area contributed by atoms with Crippen molar-refractivity contribution in [2.24, 2.45) is 0 Å². The maximum absolute atomic E-state index is 11.5. The SMILES string of the molecule is N=C(NC(=O)OCc1ccccc1)N1CCCC1. The maximum atomic E-state index is 11.5. The van der Waals surface area contributed by atoms with Crippen LogP contribution in [0.2, 0.25) is 0 Å². The molecule has 96 valence electrons. The van der Waals surface area contributed by atoms with Crippen LogP contribution in [0.1, 0.15) is 18.4 Å². The molecule has 1 saturated heterocycles. The van der Waals surface area contributed by atoms with Gasteiger partial charge in [-0.25, -0.2) is 4.79 Å². The van der Waals surface area contributed by atoms with Crippen molar-refractivity contribution < 1.29 is 9.53 Å². The van der Waals surface area contributed by atoms with Crippen LogP contribution in [0.15, 0.2) is 30.3 Å². The quantitative estimate of drug-likeness (QED) is 0.620. The number of nitrogens with zero attached hydrogens (tertiary/aromatic N) is 1. The molecule has 2 N–H and O–H groups in total. The Morgan fingerprint density at radius 3 is 2.61 bits per heavy atom. The van der Waals surface area contributed by atoms with Gasteiger partial charge in [0, 0.05) is 13.1 Å². The first-order valence-corrected chi connectivity index (χ1v) is 6.07. The van der Waals surface area contributed by atoms with Crippen LogP contribution in [-0.4, -0.2) is 30.0 Å². The predicted octanol–water partition coefficient (Wildman–Crippen LogP) is 1.94. The lowest BCUT2D eigenvalue weighted by Crippen LogP contribution is -2.42. The summed E-state index contributed by atoms with van der Waals surface area (Å²) in [7, 11) is 0. The van der Waals surface area contributed by atoms with E-state index >= 15 is 0 Å². The Kier molecular flexibility index (Phi) is 4.17. The first kappa shape index (κ1) is 12.4. The van der Waals surface area contributed by atoms with Gasteiger partial charge in [-0.15, -0.1) is 0 Å². The van der Waals surface area contributed by atoms with Crippen LogP contribution in [0.4, 0.5) is 4.79 Å². The van der Waals surface area contributed by atoms with E-state index in [-0.39, 0.29) is 12.6 Å². The van der Waals surface area contributed by atoms with E-state index in [0.29, 0.717) is 0 Å². The van der Waals surface area contributed by atoms with Crippen molar-refractivity contribution in [3.05, 3.63) is 35.9 Å². The average molecular weight is 247 g/mol. The highest BCUT2D eigenvalue weighted by Gasteiger charge is 2.17. The minimum atomic E-state index is -0.573. The van der Waals surface area contributed by atoms with Gasteiger partial charge in [0.15, 0.2) is 0 Å². The third kappa shape index (κ3) is 3.48. The number of ether oxygens (including phenoxy) is 1. The Hall–Kier alpha value is -2.04. The molecular weight excluding hydrogens is 230 g/mol. The minimum absolute atomic E-state index is 0.130. The molecule has 0 saturated carbocycles. The van der Waals surface area contributed by atoms with Gasteiger partial charge in [0.05, 0.1) is 0 Å². The second-order valence-electron chi connectivity index (χ2n) is 4.23. The zero-order valence-electron chi connectivity index (χ0n) is 10.2. The molecule has 1 aromatic rings. The Bertz CT molecular complexity index is 414. The van der Waals surface area contributed by atoms with E-state index in [0.717, 1.165) is 31.5 Å². The number of hydrogen-bond acceptors (Lipinski definition) is 3. The van der Waals surface area contributed by atoms with Crippen molar-refractivity contribution in [1.29, 1.82) is 5.41 Å². The Labute approximate surface area is 106 Å². The van der Waals surface area contributed by atoms with Crippen molar-refractivity contribution in [2.45, 2.75) is 19.4 Å². The Balaban J connectivity index is 1.73. The van der Waals surface area contributed by atoms with Gasteiger partial charge in [0.25, 0.3) is 0 Å². The molecule has 1 aliphatic heterocycles. The van der Waals surface area contributed by atoms with Gasteiger partial charge < -0.3 is 9.64 Å². The number of carbonyl (C=O) groups is 1. The third-order valence-electron chi connectivity index (χ3n) is 2.86. The second kappa shape index (κ2) is 6.05. The lowest BCUT2D eigenvalue weighted by atomic mass is 10.2. The molecule has 1 amide bonds. The van der Waals surface area contributed by atoms with Gasteiger partial charge in [-0.1, -0.05) is 30.3 Å². The lowest BCUT2D eigenvalue weighted by Gasteiger charge is -2.18. The van der Waals surface area contributed by atoms with Crippen molar-refractivity contribution >= 4 is 12.1 Å². The summed E-state index contributed by atoms with van der Waals surface area (Å²) in [5.74, 6) is 0.130. The second-order valence-corrected chi connectivity index (χ2v) is 4.23. The highest BCUT2D eigenvalue weighted by Crippen LogP contribution is 2.06. The smallest absolute Gasteiger partial charge is 0.414 e. The molecule has 0 unspecified atom stereocenters. The van der Waals surface area contributed by atoms with E-state index in [1.54, 1.807) is 0 Å². The number of guanidine groups is 1. The van der Waals surface area contributed by atoms with Crippen molar-refractivity contribution in [3.63, 3.8) is 0 Å². The summed E-state index contributed by atoms with van der Waals surface area (Å²) in [4.78, 5) is 13.3. The topological polar surface area (TPSA) is 65.4 Å². The number of rotatable bonds is 2. The van der Waals surface area contributed by atoms with Crippen LogP contribution in [0.25, 0.3) is 0 Å². The van der Waals surface area contributed by atoms with Gasteiger partial charge in [-0.3, -0.25) is 10.7 Å². The molecule has 5 heteroatoms. The van der Waals surface area contributed by atoms with Crippen LogP contribution in [0, 0.1) is 5.41 Å². The molecule has 0 atom stereocenters. The molecule has 1 heterocycles. The van der Waals surface area contributed by atoms with E-state index < -0.39 is 6.09 Å². The number of alkyl carbamates (subject to hydrolysis) is 1. The molecule has 1 aromatic carbocycles. The van der Waals surface area contributed by atoms with Crippen molar-refractivity contribution in [3.8, 4) is 0 Å². The molecule has 18 heavy (non-hydrogen) atoms. The lowest BCUT2D eigenvalue weighted by molar-refractivity contribution is 0.144. The van der Waals surface area contributed by atoms with Gasteiger partial charge in [-0.2, -0.15) is 0 Å². The summed E-state index contributed by atoms with van der Waals surface area (Å²) in [6, 6.07) is 9.47. The number of hydrogen-bond donors (Lipinski definition) is 2. The van der Waals surface area contributed by atoms with Gasteiger partial charge in [0.1, 0.15) is 6.61 Å². The van der Waals surface area contributed by atoms with Crippen molar-refractivity contribution in [2.75, 3.05) is 13.1 Å². The first-order chi connectivity index (χ1) is 8.75. The first-order valence-electron chi connectivity index (χ1n) is 6.07. The van der Waals surface area contributed by atoms with Gasteiger partial charge in [-0.05, 0) is 18.4 Å². The number of carbonyl (C=O) groups excluding carboxylic acids is 1. The summed E-state index contributed by atoms with van der Waals surface area (Å²) in [5.41, 5.74) is 0.931. The van der Waals surface area contributed by atoms with Gasteiger partial charge in [0.2, 0.25) is 5.96 Å². The van der Waals surface area contributed by atoms with E-state index in [4.69, 9.17) is 10.1 Å². The molecule has 0 bridgehead atoms. The van der Waals surface area contributed by atoms with Crippen LogP contribution in [-0.2, 0) is 11.3 Å². The van der Waals surface area contributed by atoms with Crippen molar-refractivity contribution in [1.82, 2.24) is 10.2 Å². The van der Waals surface area contributed by atoms with Gasteiger partial charge >= 0.3 is 6.09 Å². The third-order valence-corrected chi connectivity index (χ3v) is 2.86. The number of likely N-dealkylation sites (tertiary alicyclic amines) is 1. The number of benzene rings is 1. The summed E-state index contributed by atoms with van der Waals surface area (Å²) in [6.45, 7) is 1.88. The van der Waals surface area contributed by atoms with Crippen LogP contribution in [0.3, 0.4) is 0 Å². The average Bonchev–Trinajstić information content (AvgIpc) is 2.91.